The zero-order chi connectivity index (χ0) is 17.6. The third-order valence-electron chi connectivity index (χ3n) is 6.23. The molecule has 5 rings (SSSR count). The summed E-state index contributed by atoms with van der Waals surface area (Å²) >= 11 is 1.38. The summed E-state index contributed by atoms with van der Waals surface area (Å²) in [4.78, 5) is 12.2. The van der Waals surface area contributed by atoms with Crippen molar-refractivity contribution in [1.29, 1.82) is 0 Å². The van der Waals surface area contributed by atoms with Crippen LogP contribution in [-0.4, -0.2) is 27.9 Å². The minimum Gasteiger partial charge on any atom is -0.415 e. The van der Waals surface area contributed by atoms with Gasteiger partial charge in [0.1, 0.15) is 0 Å². The number of nitrogens with zero attached hydrogens (tertiary/aromatic N) is 2. The molecule has 0 saturated heterocycles. The minimum atomic E-state index is -0.219. The van der Waals surface area contributed by atoms with Gasteiger partial charge in [0.25, 0.3) is 5.22 Å². The lowest BCUT2D eigenvalue weighted by molar-refractivity contribution is -0.120. The number of hydrogen-bond acceptors (Lipinski definition) is 5. The number of nitrogens with one attached hydrogen (secondary N) is 1. The van der Waals surface area contributed by atoms with Gasteiger partial charge in [0.2, 0.25) is 11.8 Å². The second-order valence-corrected chi connectivity index (χ2v) is 10.3. The molecule has 4 bridgehead atoms. The Bertz CT molecular complexity index is 607. The lowest BCUT2D eigenvalue weighted by Crippen LogP contribution is -2.48. The Morgan fingerprint density at radius 3 is 2.32 bits per heavy atom. The van der Waals surface area contributed by atoms with Gasteiger partial charge in [-0.15, -0.1) is 10.2 Å². The average Bonchev–Trinajstić information content (AvgIpc) is 3.00. The van der Waals surface area contributed by atoms with Gasteiger partial charge in [0.05, 0.1) is 5.25 Å². The average molecular weight is 364 g/mol. The number of carbonyl (C=O) groups is 1. The fourth-order valence-electron chi connectivity index (χ4n) is 5.50. The molecule has 0 aliphatic heterocycles. The maximum absolute atomic E-state index is 12.2. The molecule has 5 nitrogen and oxygen atoms in total. The Balaban J connectivity index is 1.42. The van der Waals surface area contributed by atoms with Crippen LogP contribution < -0.4 is 5.32 Å². The van der Waals surface area contributed by atoms with Crippen LogP contribution in [0.4, 0.5) is 0 Å². The van der Waals surface area contributed by atoms with Crippen LogP contribution in [0, 0.1) is 23.7 Å². The highest BCUT2D eigenvalue weighted by molar-refractivity contribution is 8.00. The maximum Gasteiger partial charge on any atom is 0.277 e. The molecule has 4 fully saturated rings. The predicted octanol–water partition coefficient (Wildman–Crippen LogP) is 3.79. The van der Waals surface area contributed by atoms with E-state index in [0.717, 1.165) is 23.6 Å². The third kappa shape index (κ3) is 3.46. The van der Waals surface area contributed by atoms with Crippen LogP contribution in [0.3, 0.4) is 0 Å². The fraction of sp³-hybridized carbons (Fsp3) is 0.842. The van der Waals surface area contributed by atoms with Gasteiger partial charge in [0.15, 0.2) is 0 Å². The van der Waals surface area contributed by atoms with Crippen molar-refractivity contribution in [3.8, 4) is 0 Å². The molecule has 1 heterocycles. The van der Waals surface area contributed by atoms with Crippen LogP contribution in [0.1, 0.15) is 65.2 Å². The molecule has 1 atom stereocenters. The first-order valence-corrected chi connectivity index (χ1v) is 10.6. The molecule has 1 aromatic rings. The lowest BCUT2D eigenvalue weighted by Gasteiger charge is -2.55. The van der Waals surface area contributed by atoms with Gasteiger partial charge in [-0.2, -0.15) is 0 Å². The molecule has 0 aromatic carbocycles. The first kappa shape index (κ1) is 17.4. The van der Waals surface area contributed by atoms with Crippen molar-refractivity contribution >= 4 is 17.7 Å². The molecular weight excluding hydrogens is 334 g/mol. The topological polar surface area (TPSA) is 68.0 Å². The van der Waals surface area contributed by atoms with Crippen LogP contribution in [0.2, 0.25) is 0 Å². The SMILES string of the molecule is CC(C)CNC(=O)[C@H](C)Sc1nnc(C23CC4CC(CC(C4)C2)C3)o1. The van der Waals surface area contributed by atoms with Gasteiger partial charge in [-0.25, -0.2) is 0 Å². The second kappa shape index (κ2) is 6.60. The summed E-state index contributed by atoms with van der Waals surface area (Å²) in [5.41, 5.74) is 0.129. The molecule has 4 saturated carbocycles. The van der Waals surface area contributed by atoms with Gasteiger partial charge in [-0.05, 0) is 69.1 Å². The summed E-state index contributed by atoms with van der Waals surface area (Å²) in [6.45, 7) is 6.78. The molecule has 1 N–H and O–H groups in total. The summed E-state index contributed by atoms with van der Waals surface area (Å²) in [6, 6.07) is 0. The molecule has 4 aliphatic rings. The Kier molecular flexibility index (Phi) is 4.59. The smallest absolute Gasteiger partial charge is 0.277 e. The van der Waals surface area contributed by atoms with Crippen LogP contribution in [0.15, 0.2) is 9.64 Å². The Labute approximate surface area is 154 Å². The Morgan fingerprint density at radius 1 is 1.16 bits per heavy atom. The summed E-state index contributed by atoms with van der Waals surface area (Å²) in [5.74, 6) is 3.89. The van der Waals surface area contributed by atoms with Gasteiger partial charge in [-0.1, -0.05) is 25.6 Å². The third-order valence-corrected chi connectivity index (χ3v) is 7.16. The van der Waals surface area contributed by atoms with E-state index < -0.39 is 0 Å². The molecular formula is C19H29N3O2S. The van der Waals surface area contributed by atoms with Crippen molar-refractivity contribution in [3.63, 3.8) is 0 Å². The lowest BCUT2D eigenvalue weighted by atomic mass is 9.49. The quantitative estimate of drug-likeness (QED) is 0.779. The molecule has 25 heavy (non-hydrogen) atoms. The van der Waals surface area contributed by atoms with Crippen molar-refractivity contribution in [2.24, 2.45) is 23.7 Å². The van der Waals surface area contributed by atoms with Crippen molar-refractivity contribution in [3.05, 3.63) is 5.89 Å². The number of amides is 1. The standard InChI is InChI=1S/C19H29N3O2S/c1-11(2)10-20-16(23)12(3)25-18-22-21-17(24-18)19-7-13-4-14(8-19)6-15(5-13)9-19/h11-15H,4-10H2,1-3H3,(H,20,23)/t12-,13?,14?,15?,19?/m0/s1. The van der Waals surface area contributed by atoms with E-state index in [1.165, 1.54) is 50.3 Å². The summed E-state index contributed by atoms with van der Waals surface area (Å²) in [5, 5.41) is 12.0. The van der Waals surface area contributed by atoms with Crippen molar-refractivity contribution < 1.29 is 9.21 Å². The van der Waals surface area contributed by atoms with Crippen molar-refractivity contribution in [2.75, 3.05) is 6.54 Å². The van der Waals surface area contributed by atoms with E-state index in [4.69, 9.17) is 4.42 Å². The van der Waals surface area contributed by atoms with E-state index >= 15 is 0 Å². The van der Waals surface area contributed by atoms with E-state index in [2.05, 4.69) is 29.4 Å². The normalized spacial score (nSPS) is 34.5. The Hall–Kier alpha value is -1.04. The number of hydrogen-bond donors (Lipinski definition) is 1. The maximum atomic E-state index is 12.2. The highest BCUT2D eigenvalue weighted by Crippen LogP contribution is 2.60. The van der Waals surface area contributed by atoms with E-state index in [1.807, 2.05) is 6.92 Å². The van der Waals surface area contributed by atoms with Gasteiger partial charge < -0.3 is 9.73 Å². The second-order valence-electron chi connectivity index (χ2n) is 8.97. The molecule has 0 radical (unpaired) electrons. The predicted molar refractivity (Wildman–Crippen MR) is 97.3 cm³/mol. The van der Waals surface area contributed by atoms with Gasteiger partial charge in [-0.3, -0.25) is 4.79 Å². The van der Waals surface area contributed by atoms with E-state index in [-0.39, 0.29) is 16.6 Å². The van der Waals surface area contributed by atoms with E-state index in [1.54, 1.807) is 0 Å². The number of aromatic nitrogens is 2. The van der Waals surface area contributed by atoms with Gasteiger partial charge in [0, 0.05) is 12.0 Å². The minimum absolute atomic E-state index is 0.0354. The molecule has 6 heteroatoms. The molecule has 1 aromatic heterocycles. The molecule has 0 unspecified atom stereocenters. The van der Waals surface area contributed by atoms with Crippen LogP contribution >= 0.6 is 11.8 Å². The van der Waals surface area contributed by atoms with Crippen molar-refractivity contribution in [1.82, 2.24) is 15.5 Å². The van der Waals surface area contributed by atoms with E-state index in [9.17, 15) is 4.79 Å². The fourth-order valence-corrected chi connectivity index (χ4v) is 6.21. The monoisotopic (exact) mass is 363 g/mol. The zero-order valence-corrected chi connectivity index (χ0v) is 16.3. The first-order chi connectivity index (χ1) is 11.9. The zero-order valence-electron chi connectivity index (χ0n) is 15.5. The number of carbonyl (C=O) groups excluding carboxylic acids is 1. The van der Waals surface area contributed by atoms with E-state index in [0.29, 0.717) is 17.7 Å². The molecule has 0 spiro atoms. The highest BCUT2D eigenvalue weighted by atomic mass is 32.2. The first-order valence-electron chi connectivity index (χ1n) is 9.72. The van der Waals surface area contributed by atoms with Gasteiger partial charge >= 0.3 is 0 Å². The van der Waals surface area contributed by atoms with Crippen LogP contribution in [0.5, 0.6) is 0 Å². The Morgan fingerprint density at radius 2 is 1.76 bits per heavy atom. The largest absolute Gasteiger partial charge is 0.415 e. The van der Waals surface area contributed by atoms with Crippen molar-refractivity contribution in [2.45, 2.75) is 75.2 Å². The summed E-state index contributed by atoms with van der Waals surface area (Å²) in [7, 11) is 0. The molecule has 1 amide bonds. The highest BCUT2D eigenvalue weighted by Gasteiger charge is 2.54. The van der Waals surface area contributed by atoms with Crippen LogP contribution in [-0.2, 0) is 10.2 Å². The summed E-state index contributed by atoms with van der Waals surface area (Å²) < 4.78 is 6.08. The summed E-state index contributed by atoms with van der Waals surface area (Å²) in [6.07, 6.45) is 7.87. The number of rotatable bonds is 6. The molecule has 138 valence electrons. The molecule has 4 aliphatic carbocycles. The number of thioether (sulfide) groups is 1. The van der Waals surface area contributed by atoms with Crippen LogP contribution in [0.25, 0.3) is 0 Å².